The predicted molar refractivity (Wildman–Crippen MR) is 72.9 cm³/mol. The Kier molecular flexibility index (Phi) is 3.75. The van der Waals surface area contributed by atoms with Crippen molar-refractivity contribution in [3.63, 3.8) is 0 Å². The molecule has 1 rings (SSSR count). The molecule has 1 amide bonds. The largest absolute Gasteiger partial charge is 0.435 e. The van der Waals surface area contributed by atoms with Gasteiger partial charge in [0.25, 0.3) is 0 Å². The van der Waals surface area contributed by atoms with Crippen LogP contribution in [0.15, 0.2) is 24.3 Å². The highest BCUT2D eigenvalue weighted by Gasteiger charge is 2.67. The van der Waals surface area contributed by atoms with Crippen LogP contribution in [-0.2, 0) is 4.79 Å². The molecule has 21 heavy (non-hydrogen) atoms. The van der Waals surface area contributed by atoms with Gasteiger partial charge >= 0.3 is 10.5 Å². The summed E-state index contributed by atoms with van der Waals surface area (Å²) in [5.74, 6) is -1.52. The molecule has 0 radical (unpaired) electrons. The van der Waals surface area contributed by atoms with Gasteiger partial charge in [-0.2, -0.15) is 0 Å². The van der Waals surface area contributed by atoms with E-state index in [4.69, 9.17) is 0 Å². The molecule has 3 nitrogen and oxygen atoms in total. The molecule has 0 fully saturated rings. The van der Waals surface area contributed by atoms with Crippen LogP contribution in [0.5, 0.6) is 5.75 Å². The number of amides is 1. The molecule has 1 aromatic rings. The van der Waals surface area contributed by atoms with Crippen LogP contribution in [0.4, 0.5) is 25.1 Å². The number of hydrogen-bond donors (Lipinski definition) is 1. The maximum absolute atomic E-state index is 12.2. The number of halogens is 5. The van der Waals surface area contributed by atoms with E-state index in [-0.39, 0.29) is 5.69 Å². The molecule has 1 aromatic carbocycles. The van der Waals surface area contributed by atoms with Crippen LogP contribution >= 0.6 is 10.5 Å². The number of nitrogens with one attached hydrogen (secondary N) is 1. The normalized spacial score (nSPS) is 15.8. The molecule has 0 saturated heterocycles. The van der Waals surface area contributed by atoms with E-state index in [0.717, 1.165) is 12.1 Å². The van der Waals surface area contributed by atoms with Crippen molar-refractivity contribution in [2.45, 2.75) is 27.2 Å². The first-order valence-corrected chi connectivity index (χ1v) is 7.85. The van der Waals surface area contributed by atoms with Crippen LogP contribution in [0.25, 0.3) is 0 Å². The highest BCUT2D eigenvalue weighted by atomic mass is 32.5. The molecule has 0 aliphatic heterocycles. The van der Waals surface area contributed by atoms with Gasteiger partial charge in [-0.15, -0.1) is 0 Å². The third-order valence-corrected chi connectivity index (χ3v) is 3.35. The van der Waals surface area contributed by atoms with Gasteiger partial charge in [0.2, 0.25) is 5.91 Å². The van der Waals surface area contributed by atoms with Crippen molar-refractivity contribution < 1.29 is 28.4 Å². The van der Waals surface area contributed by atoms with Crippen molar-refractivity contribution in [1.82, 2.24) is 0 Å². The predicted octanol–water partition coefficient (Wildman–Crippen LogP) is 5.65. The number of hydrogen-bond acceptors (Lipinski definition) is 2. The zero-order chi connectivity index (χ0) is 16.6. The maximum Gasteiger partial charge on any atom is 0.435 e. The second-order valence-corrected chi connectivity index (χ2v) is 7.16. The average molecular weight is 333 g/mol. The third kappa shape index (κ3) is 6.19. The molecule has 0 saturated carbocycles. The first kappa shape index (κ1) is 17.5. The summed E-state index contributed by atoms with van der Waals surface area (Å²) in [5, 5.41) is 2.37. The van der Waals surface area contributed by atoms with Crippen molar-refractivity contribution in [2.24, 2.45) is 5.41 Å². The Morgan fingerprint density at radius 2 is 1.81 bits per heavy atom. The first-order valence-electron chi connectivity index (χ1n) is 5.98. The molecule has 0 aromatic heterocycles. The Labute approximate surface area is 119 Å². The van der Waals surface area contributed by atoms with Crippen molar-refractivity contribution in [3.8, 4) is 5.75 Å². The van der Waals surface area contributed by atoms with Crippen molar-refractivity contribution in [1.29, 1.82) is 0 Å². The Morgan fingerprint density at radius 1 is 1.24 bits per heavy atom. The van der Waals surface area contributed by atoms with Crippen molar-refractivity contribution >= 4 is 22.1 Å². The molecule has 0 atom stereocenters. The molecule has 0 aliphatic rings. The van der Waals surface area contributed by atoms with E-state index in [2.05, 4.69) is 9.50 Å². The van der Waals surface area contributed by atoms with E-state index in [1.54, 1.807) is 20.8 Å². The topological polar surface area (TPSA) is 38.3 Å². The van der Waals surface area contributed by atoms with Gasteiger partial charge in [-0.3, -0.25) is 4.79 Å². The standard InChI is InChI=1S/C12H16F5NO2S/c1-4-12(2,3)11(19)18-9-6-5-7-10(8-9)20-21(13,14,15,16)17/h5-8H,4H2,1-3H3,(H,18,19). The molecule has 1 N–H and O–H groups in total. The van der Waals surface area contributed by atoms with Gasteiger partial charge in [-0.1, -0.05) is 46.3 Å². The van der Waals surface area contributed by atoms with Crippen LogP contribution in [0, 0.1) is 5.41 Å². The molecule has 0 heterocycles. The smallest absolute Gasteiger partial charge is 0.355 e. The van der Waals surface area contributed by atoms with Gasteiger partial charge in [0.15, 0.2) is 0 Å². The summed E-state index contributed by atoms with van der Waals surface area (Å²) in [6.07, 6.45) is 0.500. The highest BCUT2D eigenvalue weighted by Crippen LogP contribution is 2.97. The summed E-state index contributed by atoms with van der Waals surface area (Å²) >= 11 is 0. The summed E-state index contributed by atoms with van der Waals surface area (Å²) in [7, 11) is -10.0. The van der Waals surface area contributed by atoms with E-state index in [1.165, 1.54) is 6.07 Å². The maximum atomic E-state index is 12.2. The quantitative estimate of drug-likeness (QED) is 0.707. The zero-order valence-electron chi connectivity index (χ0n) is 11.6. The van der Waals surface area contributed by atoms with Crippen LogP contribution < -0.4 is 9.50 Å². The fraction of sp³-hybridized carbons (Fsp3) is 0.417. The number of carbonyl (C=O) groups excluding carboxylic acids is 1. The lowest BCUT2D eigenvalue weighted by molar-refractivity contribution is -0.124. The zero-order valence-corrected chi connectivity index (χ0v) is 12.4. The molecule has 0 bridgehead atoms. The lowest BCUT2D eigenvalue weighted by atomic mass is 9.89. The second-order valence-electron chi connectivity index (χ2n) is 5.20. The minimum atomic E-state index is -10.0. The molecule has 0 spiro atoms. The van der Waals surface area contributed by atoms with E-state index >= 15 is 0 Å². The Balaban J connectivity index is 2.96. The fourth-order valence-electron chi connectivity index (χ4n) is 1.27. The molecule has 122 valence electrons. The van der Waals surface area contributed by atoms with Gasteiger partial charge in [-0.05, 0) is 18.6 Å². The summed E-state index contributed by atoms with van der Waals surface area (Å²) in [6, 6.07) is 3.79. The number of benzene rings is 1. The first-order chi connectivity index (χ1) is 9.11. The van der Waals surface area contributed by atoms with Crippen LogP contribution in [0.1, 0.15) is 27.2 Å². The average Bonchev–Trinajstić information content (AvgIpc) is 2.25. The van der Waals surface area contributed by atoms with Crippen LogP contribution in [0.3, 0.4) is 0 Å². The summed E-state index contributed by atoms with van der Waals surface area (Å²) in [4.78, 5) is 11.9. The van der Waals surface area contributed by atoms with Crippen LogP contribution in [-0.4, -0.2) is 5.91 Å². The van der Waals surface area contributed by atoms with Gasteiger partial charge in [-0.25, -0.2) is 0 Å². The number of carbonyl (C=O) groups is 1. The molecule has 9 heteroatoms. The second kappa shape index (κ2) is 4.49. The van der Waals surface area contributed by atoms with E-state index in [1.807, 2.05) is 0 Å². The van der Waals surface area contributed by atoms with Gasteiger partial charge in [0.1, 0.15) is 5.75 Å². The summed E-state index contributed by atoms with van der Waals surface area (Å²) in [6.45, 7) is 5.07. The van der Waals surface area contributed by atoms with Crippen molar-refractivity contribution in [2.75, 3.05) is 5.32 Å². The minimum absolute atomic E-state index is 0.0547. The highest BCUT2D eigenvalue weighted by molar-refractivity contribution is 8.42. The Bertz CT molecular complexity index is 556. The monoisotopic (exact) mass is 333 g/mol. The van der Waals surface area contributed by atoms with Gasteiger partial charge in [0.05, 0.1) is 0 Å². The van der Waals surface area contributed by atoms with Gasteiger partial charge in [0, 0.05) is 17.2 Å². The van der Waals surface area contributed by atoms with Crippen molar-refractivity contribution in [3.05, 3.63) is 24.3 Å². The number of anilines is 1. The van der Waals surface area contributed by atoms with E-state index in [9.17, 15) is 24.2 Å². The lowest BCUT2D eigenvalue weighted by Gasteiger charge is -2.39. The number of rotatable bonds is 5. The van der Waals surface area contributed by atoms with E-state index < -0.39 is 27.6 Å². The van der Waals surface area contributed by atoms with Gasteiger partial charge < -0.3 is 9.50 Å². The van der Waals surface area contributed by atoms with Crippen LogP contribution in [0.2, 0.25) is 0 Å². The molecule has 0 unspecified atom stereocenters. The summed E-state index contributed by atoms with van der Waals surface area (Å²) in [5.41, 5.74) is -0.794. The van der Waals surface area contributed by atoms with E-state index in [0.29, 0.717) is 12.5 Å². The fourth-order valence-corrected chi connectivity index (χ4v) is 1.74. The molecule has 0 aliphatic carbocycles. The SMILES string of the molecule is CCC(C)(C)C(=O)Nc1cccc(OS(F)(F)(F)(F)F)c1. The summed E-state index contributed by atoms with van der Waals surface area (Å²) < 4.78 is 64.1. The molecular weight excluding hydrogens is 317 g/mol. The molecular formula is C12H16F5NO2S. The minimum Gasteiger partial charge on any atom is -0.355 e. The Hall–Kier alpha value is -1.51. The Morgan fingerprint density at radius 3 is 2.29 bits per heavy atom. The lowest BCUT2D eigenvalue weighted by Crippen LogP contribution is -2.30. The third-order valence-electron chi connectivity index (χ3n) is 2.84.